The van der Waals surface area contributed by atoms with Crippen molar-refractivity contribution in [3.8, 4) is 5.75 Å². The third-order valence-corrected chi connectivity index (χ3v) is 3.99. The SMILES string of the molecule is COc1cccc(NC(=O)Cn2nc(Br)c(=O)c3ccccc32)c1. The van der Waals surface area contributed by atoms with Crippen LogP contribution in [0, 0.1) is 0 Å². The lowest BCUT2D eigenvalue weighted by Crippen LogP contribution is -2.23. The summed E-state index contributed by atoms with van der Waals surface area (Å²) in [6.45, 7) is -0.0173. The number of anilines is 1. The first kappa shape index (κ1) is 16.2. The quantitative estimate of drug-likeness (QED) is 0.746. The predicted octanol–water partition coefficient (Wildman–Crippen LogP) is 2.81. The van der Waals surface area contributed by atoms with Crippen molar-refractivity contribution < 1.29 is 9.53 Å². The molecule has 0 fully saturated rings. The van der Waals surface area contributed by atoms with Crippen molar-refractivity contribution in [3.05, 3.63) is 63.4 Å². The van der Waals surface area contributed by atoms with E-state index in [9.17, 15) is 9.59 Å². The zero-order chi connectivity index (χ0) is 17.1. The van der Waals surface area contributed by atoms with E-state index in [-0.39, 0.29) is 22.5 Å². The van der Waals surface area contributed by atoms with Crippen molar-refractivity contribution in [1.82, 2.24) is 9.78 Å². The molecule has 2 aromatic carbocycles. The number of carbonyl (C=O) groups is 1. The number of fused-ring (bicyclic) bond motifs is 1. The average Bonchev–Trinajstić information content (AvgIpc) is 2.59. The molecule has 0 unspecified atom stereocenters. The summed E-state index contributed by atoms with van der Waals surface area (Å²) < 4.78 is 6.80. The summed E-state index contributed by atoms with van der Waals surface area (Å²) in [7, 11) is 1.56. The Morgan fingerprint density at radius 3 is 2.83 bits per heavy atom. The number of hydrogen-bond donors (Lipinski definition) is 1. The Balaban J connectivity index is 1.88. The number of hydrogen-bond acceptors (Lipinski definition) is 4. The first-order valence-electron chi connectivity index (χ1n) is 7.18. The van der Waals surface area contributed by atoms with Crippen LogP contribution in [0.15, 0.2) is 57.9 Å². The zero-order valence-electron chi connectivity index (χ0n) is 12.8. The largest absolute Gasteiger partial charge is 0.497 e. The second-order valence-corrected chi connectivity index (χ2v) is 5.83. The van der Waals surface area contributed by atoms with Gasteiger partial charge >= 0.3 is 0 Å². The van der Waals surface area contributed by atoms with Gasteiger partial charge in [0.1, 0.15) is 12.3 Å². The van der Waals surface area contributed by atoms with Gasteiger partial charge in [0, 0.05) is 11.8 Å². The Bertz CT molecular complexity index is 969. The van der Waals surface area contributed by atoms with Crippen molar-refractivity contribution in [3.63, 3.8) is 0 Å². The highest BCUT2D eigenvalue weighted by Gasteiger charge is 2.11. The molecule has 1 aromatic heterocycles. The van der Waals surface area contributed by atoms with Crippen LogP contribution in [-0.2, 0) is 11.3 Å². The van der Waals surface area contributed by atoms with Gasteiger partial charge in [-0.15, -0.1) is 0 Å². The van der Waals surface area contributed by atoms with E-state index in [0.717, 1.165) is 0 Å². The van der Waals surface area contributed by atoms with Crippen LogP contribution < -0.4 is 15.5 Å². The second kappa shape index (κ2) is 6.84. The van der Waals surface area contributed by atoms with Gasteiger partial charge in [-0.3, -0.25) is 14.3 Å². The Labute approximate surface area is 146 Å². The van der Waals surface area contributed by atoms with Crippen LogP contribution >= 0.6 is 15.9 Å². The molecule has 0 saturated carbocycles. The van der Waals surface area contributed by atoms with Gasteiger partial charge in [-0.1, -0.05) is 18.2 Å². The number of ether oxygens (including phenoxy) is 1. The van der Waals surface area contributed by atoms with Crippen molar-refractivity contribution in [2.24, 2.45) is 0 Å². The summed E-state index contributed by atoms with van der Waals surface area (Å²) >= 11 is 3.15. The minimum absolute atomic E-state index is 0.0173. The molecule has 0 aliphatic carbocycles. The molecule has 0 radical (unpaired) electrons. The van der Waals surface area contributed by atoms with Crippen molar-refractivity contribution in [2.75, 3.05) is 12.4 Å². The number of nitrogens with zero attached hydrogens (tertiary/aromatic N) is 2. The Morgan fingerprint density at radius 2 is 2.04 bits per heavy atom. The lowest BCUT2D eigenvalue weighted by molar-refractivity contribution is -0.116. The van der Waals surface area contributed by atoms with Gasteiger partial charge < -0.3 is 10.1 Å². The van der Waals surface area contributed by atoms with Crippen LogP contribution in [0.2, 0.25) is 0 Å². The number of halogens is 1. The number of rotatable bonds is 4. The van der Waals surface area contributed by atoms with E-state index in [1.807, 2.05) is 0 Å². The molecular formula is C17H14BrN3O3. The molecule has 0 saturated heterocycles. The Kier molecular flexibility index (Phi) is 4.61. The van der Waals surface area contributed by atoms with Crippen LogP contribution in [0.5, 0.6) is 5.75 Å². The molecule has 7 heteroatoms. The normalized spacial score (nSPS) is 10.6. The van der Waals surface area contributed by atoms with Gasteiger partial charge in [0.25, 0.3) is 0 Å². The summed E-state index contributed by atoms with van der Waals surface area (Å²) in [5.74, 6) is 0.402. The van der Waals surface area contributed by atoms with E-state index in [1.54, 1.807) is 55.6 Å². The van der Waals surface area contributed by atoms with Gasteiger partial charge in [0.15, 0.2) is 4.60 Å². The Morgan fingerprint density at radius 1 is 1.25 bits per heavy atom. The van der Waals surface area contributed by atoms with E-state index in [4.69, 9.17) is 4.74 Å². The maximum absolute atomic E-state index is 12.3. The minimum atomic E-state index is -0.253. The summed E-state index contributed by atoms with van der Waals surface area (Å²) in [5, 5.41) is 7.45. The fourth-order valence-electron chi connectivity index (χ4n) is 2.37. The number of aromatic nitrogens is 2. The fraction of sp³-hybridized carbons (Fsp3) is 0.118. The van der Waals surface area contributed by atoms with Crippen LogP contribution in [-0.4, -0.2) is 22.8 Å². The molecule has 0 aliphatic rings. The molecule has 0 spiro atoms. The first-order valence-corrected chi connectivity index (χ1v) is 7.97. The maximum atomic E-state index is 12.3. The second-order valence-electron chi connectivity index (χ2n) is 5.07. The van der Waals surface area contributed by atoms with Crippen LogP contribution in [0.25, 0.3) is 10.9 Å². The molecule has 1 amide bonds. The van der Waals surface area contributed by atoms with E-state index in [1.165, 1.54) is 4.68 Å². The fourth-order valence-corrected chi connectivity index (χ4v) is 2.77. The summed E-state index contributed by atoms with van der Waals surface area (Å²) in [5.41, 5.74) is 1.03. The third kappa shape index (κ3) is 3.30. The maximum Gasteiger partial charge on any atom is 0.246 e. The monoisotopic (exact) mass is 387 g/mol. The molecule has 122 valence electrons. The van der Waals surface area contributed by atoms with E-state index >= 15 is 0 Å². The summed E-state index contributed by atoms with van der Waals surface area (Å²) in [6.07, 6.45) is 0. The number of nitrogens with one attached hydrogen (secondary N) is 1. The van der Waals surface area contributed by atoms with Crippen molar-refractivity contribution >= 4 is 38.4 Å². The molecule has 1 N–H and O–H groups in total. The van der Waals surface area contributed by atoms with Gasteiger partial charge in [0.05, 0.1) is 18.0 Å². The van der Waals surface area contributed by atoms with Crippen LogP contribution in [0.3, 0.4) is 0 Å². The third-order valence-electron chi connectivity index (χ3n) is 3.47. The van der Waals surface area contributed by atoms with Gasteiger partial charge in [-0.2, -0.15) is 5.10 Å². The Hall–Kier alpha value is -2.67. The molecule has 1 heterocycles. The van der Waals surface area contributed by atoms with Crippen LogP contribution in [0.1, 0.15) is 0 Å². The number of para-hydroxylation sites is 1. The number of benzene rings is 2. The lowest BCUT2D eigenvalue weighted by atomic mass is 10.2. The van der Waals surface area contributed by atoms with Crippen LogP contribution in [0.4, 0.5) is 5.69 Å². The zero-order valence-corrected chi connectivity index (χ0v) is 14.4. The standard InChI is InChI=1S/C17H14BrN3O3/c1-24-12-6-4-5-11(9-12)19-15(22)10-21-14-8-3-2-7-13(14)16(23)17(18)20-21/h2-9H,10H2,1H3,(H,19,22). The number of methoxy groups -OCH3 is 1. The van der Waals surface area contributed by atoms with E-state index in [2.05, 4.69) is 26.3 Å². The molecular weight excluding hydrogens is 374 g/mol. The summed E-state index contributed by atoms with van der Waals surface area (Å²) in [4.78, 5) is 24.4. The van der Waals surface area contributed by atoms with Crippen molar-refractivity contribution in [1.29, 1.82) is 0 Å². The lowest BCUT2D eigenvalue weighted by Gasteiger charge is -2.11. The molecule has 24 heavy (non-hydrogen) atoms. The topological polar surface area (TPSA) is 73.2 Å². The molecule has 6 nitrogen and oxygen atoms in total. The van der Waals surface area contributed by atoms with Gasteiger partial charge in [-0.05, 0) is 40.2 Å². The minimum Gasteiger partial charge on any atom is -0.497 e. The highest BCUT2D eigenvalue weighted by atomic mass is 79.9. The summed E-state index contributed by atoms with van der Waals surface area (Å²) in [6, 6.07) is 14.1. The number of carbonyl (C=O) groups excluding carboxylic acids is 1. The van der Waals surface area contributed by atoms with E-state index in [0.29, 0.717) is 22.3 Å². The average molecular weight is 388 g/mol. The highest BCUT2D eigenvalue weighted by molar-refractivity contribution is 9.10. The molecule has 0 atom stereocenters. The van der Waals surface area contributed by atoms with Gasteiger partial charge in [-0.25, -0.2) is 0 Å². The molecule has 3 rings (SSSR count). The van der Waals surface area contributed by atoms with Crippen molar-refractivity contribution in [2.45, 2.75) is 6.54 Å². The molecule has 0 aliphatic heterocycles. The van der Waals surface area contributed by atoms with Gasteiger partial charge in [0.2, 0.25) is 11.3 Å². The van der Waals surface area contributed by atoms with E-state index < -0.39 is 0 Å². The predicted molar refractivity (Wildman–Crippen MR) is 95.3 cm³/mol. The number of amides is 1. The molecule has 0 bridgehead atoms. The smallest absolute Gasteiger partial charge is 0.246 e. The first-order chi connectivity index (χ1) is 11.6. The highest BCUT2D eigenvalue weighted by Crippen LogP contribution is 2.17. The molecule has 3 aromatic rings.